The molecule has 1 unspecified atom stereocenters. The van der Waals surface area contributed by atoms with Crippen LogP contribution in [0, 0.1) is 0 Å². The van der Waals surface area contributed by atoms with Gasteiger partial charge in [-0.3, -0.25) is 0 Å². The van der Waals surface area contributed by atoms with E-state index in [0.717, 1.165) is 11.6 Å². The lowest BCUT2D eigenvalue weighted by Crippen LogP contribution is -2.45. The minimum atomic E-state index is -2.63. The Bertz CT molecular complexity index is 430. The second-order valence-electron chi connectivity index (χ2n) is 4.29. The molecule has 1 rings (SSSR count). The van der Waals surface area contributed by atoms with Gasteiger partial charge >= 0.3 is 14.5 Å². The molecule has 0 spiro atoms. The van der Waals surface area contributed by atoms with Crippen LogP contribution in [0.25, 0.3) is 0 Å². The molecule has 0 saturated heterocycles. The molecule has 0 amide bonds. The van der Waals surface area contributed by atoms with Crippen LogP contribution in [-0.4, -0.2) is 45.0 Å². The molecule has 0 aliphatic rings. The van der Waals surface area contributed by atoms with Crippen LogP contribution in [0.1, 0.15) is 5.56 Å². The number of benzene rings is 1. The smallest absolute Gasteiger partial charge is 0.394 e. The monoisotopic (exact) mass is 344 g/mol. The van der Waals surface area contributed by atoms with Crippen molar-refractivity contribution in [1.29, 1.82) is 0 Å². The maximum Gasteiger partial charge on any atom is 0.394 e. The molecule has 0 saturated carbocycles. The Morgan fingerprint density at radius 2 is 2.10 bits per heavy atom. The predicted molar refractivity (Wildman–Crippen MR) is 88.3 cm³/mol. The molecular formula is C11H20O5Si4. The van der Waals surface area contributed by atoms with Crippen LogP contribution in [0.2, 0.25) is 6.55 Å². The first-order chi connectivity index (χ1) is 9.59. The first kappa shape index (κ1) is 17.2. The van der Waals surface area contributed by atoms with Gasteiger partial charge in [-0.2, -0.15) is 0 Å². The van der Waals surface area contributed by atoms with E-state index < -0.39 is 34.5 Å². The van der Waals surface area contributed by atoms with E-state index in [9.17, 15) is 4.79 Å². The summed E-state index contributed by atoms with van der Waals surface area (Å²) in [5, 5.41) is 0. The highest BCUT2D eigenvalue weighted by Gasteiger charge is 2.35. The SMILES string of the molecule is C=CC(=O)O[Si](C)(Cc1ccccc1)O[SiH2]O[SiH2]O[SiH3]. The van der Waals surface area contributed by atoms with Gasteiger partial charge in [0.2, 0.25) is 0 Å². The van der Waals surface area contributed by atoms with Crippen LogP contribution >= 0.6 is 0 Å². The molecule has 0 aliphatic carbocycles. The van der Waals surface area contributed by atoms with Crippen molar-refractivity contribution >= 4 is 45.0 Å². The first-order valence-electron chi connectivity index (χ1n) is 6.19. The van der Waals surface area contributed by atoms with Crippen molar-refractivity contribution in [2.75, 3.05) is 0 Å². The zero-order chi connectivity index (χ0) is 14.8. The van der Waals surface area contributed by atoms with Crippen LogP contribution in [0.4, 0.5) is 0 Å². The Balaban J connectivity index is 2.67. The average molecular weight is 345 g/mol. The van der Waals surface area contributed by atoms with Gasteiger partial charge in [0.05, 0.1) is 0 Å². The zero-order valence-corrected chi connectivity index (χ0v) is 17.7. The lowest BCUT2D eigenvalue weighted by atomic mass is 10.2. The Morgan fingerprint density at radius 1 is 1.40 bits per heavy atom. The van der Waals surface area contributed by atoms with Gasteiger partial charge in [0.1, 0.15) is 10.5 Å². The van der Waals surface area contributed by atoms with Crippen LogP contribution < -0.4 is 0 Å². The van der Waals surface area contributed by atoms with E-state index in [4.69, 9.17) is 16.8 Å². The van der Waals surface area contributed by atoms with Gasteiger partial charge in [-0.25, -0.2) is 4.79 Å². The normalized spacial score (nSPS) is 14.8. The van der Waals surface area contributed by atoms with Gasteiger partial charge in [0.25, 0.3) is 20.0 Å². The molecule has 1 aromatic rings. The van der Waals surface area contributed by atoms with Crippen molar-refractivity contribution in [2.24, 2.45) is 0 Å². The van der Waals surface area contributed by atoms with Crippen LogP contribution in [-0.2, 0) is 27.6 Å². The lowest BCUT2D eigenvalue weighted by molar-refractivity contribution is -0.130. The van der Waals surface area contributed by atoms with E-state index in [1.165, 1.54) is 0 Å². The van der Waals surface area contributed by atoms with Crippen molar-refractivity contribution in [3.63, 3.8) is 0 Å². The van der Waals surface area contributed by atoms with Crippen molar-refractivity contribution < 1.29 is 21.6 Å². The highest BCUT2D eigenvalue weighted by molar-refractivity contribution is 6.71. The largest absolute Gasteiger partial charge is 0.491 e. The second kappa shape index (κ2) is 9.18. The van der Waals surface area contributed by atoms with Gasteiger partial charge in [-0.05, 0) is 12.1 Å². The van der Waals surface area contributed by atoms with Crippen molar-refractivity contribution in [3.05, 3.63) is 48.6 Å². The number of rotatable bonds is 9. The molecule has 1 atom stereocenters. The molecule has 5 nitrogen and oxygen atoms in total. The maximum atomic E-state index is 11.5. The van der Waals surface area contributed by atoms with Gasteiger partial charge in [0.15, 0.2) is 0 Å². The zero-order valence-electron chi connectivity index (χ0n) is 11.8. The molecular weight excluding hydrogens is 324 g/mol. The third kappa shape index (κ3) is 6.56. The fourth-order valence-corrected chi connectivity index (χ4v) is 8.34. The molecule has 0 radical (unpaired) electrons. The van der Waals surface area contributed by atoms with Crippen LogP contribution in [0.5, 0.6) is 0 Å². The average Bonchev–Trinajstić information content (AvgIpc) is 2.44. The van der Waals surface area contributed by atoms with Gasteiger partial charge in [-0.1, -0.05) is 36.9 Å². The molecule has 0 aromatic heterocycles. The summed E-state index contributed by atoms with van der Waals surface area (Å²) in [6.45, 7) is 5.30. The highest BCUT2D eigenvalue weighted by atomic mass is 28.4. The van der Waals surface area contributed by atoms with Crippen LogP contribution in [0.15, 0.2) is 43.0 Å². The van der Waals surface area contributed by atoms with E-state index in [0.29, 0.717) is 16.5 Å². The minimum Gasteiger partial charge on any atom is -0.491 e. The predicted octanol–water partition coefficient (Wildman–Crippen LogP) is -1.10. The third-order valence-electron chi connectivity index (χ3n) is 2.50. The van der Waals surface area contributed by atoms with Crippen molar-refractivity contribution in [3.8, 4) is 0 Å². The molecule has 0 bridgehead atoms. The molecule has 9 heteroatoms. The standard InChI is InChI=1S/C11H20O5Si4/c1-3-11(12)13-20(2,16-19-15-18-14-17)9-10-7-5-4-6-8-10/h3-8H,1,9,18-19H2,2,17H3. The quantitative estimate of drug-likeness (QED) is 0.323. The molecule has 0 N–H and O–H groups in total. The number of hydrogen-bond acceptors (Lipinski definition) is 5. The van der Waals surface area contributed by atoms with E-state index in [1.807, 2.05) is 36.9 Å². The number of hydrogen-bond donors (Lipinski definition) is 0. The Labute approximate surface area is 128 Å². The first-order valence-corrected chi connectivity index (χ1v) is 11.8. The maximum absolute atomic E-state index is 11.5. The summed E-state index contributed by atoms with van der Waals surface area (Å²) in [5.41, 5.74) is 1.09. The lowest BCUT2D eigenvalue weighted by Gasteiger charge is -2.26. The Morgan fingerprint density at radius 3 is 2.70 bits per heavy atom. The van der Waals surface area contributed by atoms with Gasteiger partial charge < -0.3 is 16.8 Å². The summed E-state index contributed by atoms with van der Waals surface area (Å²) >= 11 is 0. The summed E-state index contributed by atoms with van der Waals surface area (Å²) in [6.07, 6.45) is 1.16. The molecule has 0 fully saturated rings. The fraction of sp³-hybridized carbons (Fsp3) is 0.182. The Kier molecular flexibility index (Phi) is 7.90. The van der Waals surface area contributed by atoms with E-state index in [2.05, 4.69) is 6.58 Å². The molecule has 110 valence electrons. The fourth-order valence-electron chi connectivity index (χ4n) is 1.62. The molecule has 0 heterocycles. The van der Waals surface area contributed by atoms with Crippen LogP contribution in [0.3, 0.4) is 0 Å². The number of carbonyl (C=O) groups is 1. The summed E-state index contributed by atoms with van der Waals surface area (Å²) in [7, 11) is -3.99. The van der Waals surface area contributed by atoms with Crippen molar-refractivity contribution in [2.45, 2.75) is 12.6 Å². The topological polar surface area (TPSA) is 54.0 Å². The third-order valence-corrected chi connectivity index (χ3v) is 9.37. The second-order valence-corrected chi connectivity index (χ2v) is 12.7. The minimum absolute atomic E-state index is 0.444. The highest BCUT2D eigenvalue weighted by Crippen LogP contribution is 2.15. The molecule has 20 heavy (non-hydrogen) atoms. The van der Waals surface area contributed by atoms with E-state index >= 15 is 0 Å². The Hall–Kier alpha value is -0.822. The molecule has 1 aromatic carbocycles. The summed E-state index contributed by atoms with van der Waals surface area (Å²) in [6, 6.07) is 10.5. The number of carbonyl (C=O) groups excluding carboxylic acids is 1. The summed E-state index contributed by atoms with van der Waals surface area (Å²) in [4.78, 5) is 11.5. The molecule has 0 aliphatic heterocycles. The van der Waals surface area contributed by atoms with Gasteiger partial charge in [-0.15, -0.1) is 0 Å². The summed E-state index contributed by atoms with van der Waals surface area (Å²) < 4.78 is 21.8. The van der Waals surface area contributed by atoms with Crippen molar-refractivity contribution in [1.82, 2.24) is 0 Å². The summed E-state index contributed by atoms with van der Waals surface area (Å²) in [5.74, 6) is -0.444. The van der Waals surface area contributed by atoms with E-state index in [1.54, 1.807) is 0 Å². The van der Waals surface area contributed by atoms with E-state index in [-0.39, 0.29) is 0 Å². The van der Waals surface area contributed by atoms with Gasteiger partial charge in [0, 0.05) is 12.1 Å².